The van der Waals surface area contributed by atoms with Crippen LogP contribution >= 0.6 is 11.6 Å². The third-order valence-corrected chi connectivity index (χ3v) is 6.31. The maximum absolute atomic E-state index is 14.3. The lowest BCUT2D eigenvalue weighted by Gasteiger charge is -2.13. The maximum Gasteiger partial charge on any atom is 0.139 e. The van der Waals surface area contributed by atoms with Gasteiger partial charge in [0.15, 0.2) is 0 Å². The number of benzene rings is 3. The van der Waals surface area contributed by atoms with E-state index in [1.165, 1.54) is 11.6 Å². The Morgan fingerprint density at radius 2 is 1.69 bits per heavy atom. The lowest BCUT2D eigenvalue weighted by atomic mass is 10.0. The Bertz CT molecular complexity index is 931. The van der Waals surface area contributed by atoms with E-state index in [-0.39, 0.29) is 4.90 Å². The molecule has 0 aromatic heterocycles. The van der Waals surface area contributed by atoms with Gasteiger partial charge in [-0.3, -0.25) is 0 Å². The summed E-state index contributed by atoms with van der Waals surface area (Å²) in [6.07, 6.45) is 1.61. The number of aryl methyl sites for hydroxylation is 2. The van der Waals surface area contributed by atoms with Crippen LogP contribution in [0.5, 0.6) is 0 Å². The predicted molar refractivity (Wildman–Crippen MR) is 106 cm³/mol. The highest BCUT2D eigenvalue weighted by Gasteiger charge is 2.18. The standard InChI is InChI=1S/C22H20ClFOS/c1-3-16-7-9-17(10-8-16)13-18-11-12-19(23)14-21(18)26(25)22-15(2)5-4-6-20(22)24/h4-12,14H,3,13H2,1-2H3. The second kappa shape index (κ2) is 8.15. The molecule has 0 aliphatic heterocycles. The highest BCUT2D eigenvalue weighted by molar-refractivity contribution is 7.85. The molecule has 4 heteroatoms. The normalized spacial score (nSPS) is 12.2. The molecule has 0 heterocycles. The summed E-state index contributed by atoms with van der Waals surface area (Å²) < 4.78 is 27.5. The van der Waals surface area contributed by atoms with Gasteiger partial charge in [0.05, 0.1) is 15.7 Å². The summed E-state index contributed by atoms with van der Waals surface area (Å²) in [6.45, 7) is 3.89. The van der Waals surface area contributed by atoms with Gasteiger partial charge in [0.1, 0.15) is 5.82 Å². The van der Waals surface area contributed by atoms with Gasteiger partial charge in [0, 0.05) is 9.92 Å². The molecular formula is C22H20ClFOS. The average molecular weight is 387 g/mol. The molecule has 0 amide bonds. The molecule has 0 aliphatic carbocycles. The molecule has 26 heavy (non-hydrogen) atoms. The van der Waals surface area contributed by atoms with Crippen LogP contribution in [-0.2, 0) is 23.6 Å². The molecule has 134 valence electrons. The highest BCUT2D eigenvalue weighted by Crippen LogP contribution is 2.29. The quantitative estimate of drug-likeness (QED) is 0.517. The summed E-state index contributed by atoms with van der Waals surface area (Å²) in [5.41, 5.74) is 3.95. The van der Waals surface area contributed by atoms with E-state index in [9.17, 15) is 8.60 Å². The molecule has 0 N–H and O–H groups in total. The van der Waals surface area contributed by atoms with Crippen molar-refractivity contribution < 1.29 is 8.60 Å². The van der Waals surface area contributed by atoms with Gasteiger partial charge < -0.3 is 0 Å². The second-order valence-corrected chi connectivity index (χ2v) is 8.08. The fraction of sp³-hybridized carbons (Fsp3) is 0.182. The van der Waals surface area contributed by atoms with E-state index in [4.69, 9.17) is 11.6 Å². The zero-order chi connectivity index (χ0) is 18.7. The summed E-state index contributed by atoms with van der Waals surface area (Å²) in [5, 5.41) is 0.493. The van der Waals surface area contributed by atoms with E-state index in [0.717, 1.165) is 17.5 Å². The van der Waals surface area contributed by atoms with E-state index in [1.807, 2.05) is 6.07 Å². The molecule has 0 saturated heterocycles. The lowest BCUT2D eigenvalue weighted by Crippen LogP contribution is -2.04. The summed E-state index contributed by atoms with van der Waals surface area (Å²) in [5.74, 6) is -0.457. The molecule has 0 fully saturated rings. The Kier molecular flexibility index (Phi) is 5.90. The minimum atomic E-state index is -1.63. The maximum atomic E-state index is 14.3. The Labute approximate surface area is 161 Å². The molecular weight excluding hydrogens is 367 g/mol. The molecule has 3 aromatic carbocycles. The van der Waals surface area contributed by atoms with E-state index in [2.05, 4.69) is 31.2 Å². The van der Waals surface area contributed by atoms with Crippen LogP contribution in [0.2, 0.25) is 5.02 Å². The van der Waals surface area contributed by atoms with Crippen LogP contribution in [0.4, 0.5) is 4.39 Å². The van der Waals surface area contributed by atoms with Crippen molar-refractivity contribution >= 4 is 22.4 Å². The minimum absolute atomic E-state index is 0.220. The van der Waals surface area contributed by atoms with Crippen molar-refractivity contribution in [3.63, 3.8) is 0 Å². The van der Waals surface area contributed by atoms with E-state index < -0.39 is 16.6 Å². The molecule has 0 radical (unpaired) electrons. The highest BCUT2D eigenvalue weighted by atomic mass is 35.5. The first-order valence-electron chi connectivity index (χ1n) is 8.52. The van der Waals surface area contributed by atoms with Gasteiger partial charge in [-0.2, -0.15) is 0 Å². The van der Waals surface area contributed by atoms with Crippen molar-refractivity contribution in [1.29, 1.82) is 0 Å². The zero-order valence-electron chi connectivity index (χ0n) is 14.8. The smallest absolute Gasteiger partial charge is 0.139 e. The number of hydrogen-bond donors (Lipinski definition) is 0. The van der Waals surface area contributed by atoms with Crippen molar-refractivity contribution in [3.8, 4) is 0 Å². The van der Waals surface area contributed by atoms with Crippen LogP contribution in [0, 0.1) is 12.7 Å². The zero-order valence-corrected chi connectivity index (χ0v) is 16.3. The Morgan fingerprint density at radius 1 is 1.00 bits per heavy atom. The van der Waals surface area contributed by atoms with Crippen LogP contribution in [0.15, 0.2) is 70.5 Å². The summed E-state index contributed by atoms with van der Waals surface area (Å²) in [6, 6.07) is 18.4. The monoisotopic (exact) mass is 386 g/mol. The fourth-order valence-corrected chi connectivity index (χ4v) is 4.60. The van der Waals surface area contributed by atoms with Crippen molar-refractivity contribution in [2.24, 2.45) is 0 Å². The van der Waals surface area contributed by atoms with Crippen molar-refractivity contribution in [2.45, 2.75) is 36.5 Å². The van der Waals surface area contributed by atoms with Crippen molar-refractivity contribution in [3.05, 3.63) is 93.8 Å². The molecule has 1 unspecified atom stereocenters. The third-order valence-electron chi connectivity index (χ3n) is 4.40. The molecule has 0 bridgehead atoms. The van der Waals surface area contributed by atoms with Gasteiger partial charge in [0.2, 0.25) is 0 Å². The molecule has 3 rings (SSSR count). The lowest BCUT2D eigenvalue weighted by molar-refractivity contribution is 0.592. The largest absolute Gasteiger partial charge is 0.249 e. The number of hydrogen-bond acceptors (Lipinski definition) is 1. The van der Waals surface area contributed by atoms with Gasteiger partial charge in [-0.15, -0.1) is 0 Å². The molecule has 1 atom stereocenters. The SMILES string of the molecule is CCc1ccc(Cc2ccc(Cl)cc2S(=O)c2c(C)cccc2F)cc1. The second-order valence-electron chi connectivity index (χ2n) is 6.25. The molecule has 0 saturated carbocycles. The molecule has 1 nitrogen and oxygen atoms in total. The molecule has 0 aliphatic rings. The van der Waals surface area contributed by atoms with Gasteiger partial charge in [0.25, 0.3) is 0 Å². The van der Waals surface area contributed by atoms with Crippen molar-refractivity contribution in [1.82, 2.24) is 0 Å². The first-order valence-corrected chi connectivity index (χ1v) is 10.1. The van der Waals surface area contributed by atoms with Gasteiger partial charge in [-0.1, -0.05) is 61.0 Å². The van der Waals surface area contributed by atoms with E-state index in [1.54, 1.807) is 31.2 Å². The topological polar surface area (TPSA) is 17.1 Å². The first-order chi connectivity index (χ1) is 12.5. The van der Waals surface area contributed by atoms with E-state index in [0.29, 0.717) is 21.9 Å². The van der Waals surface area contributed by atoms with Crippen molar-refractivity contribution in [2.75, 3.05) is 0 Å². The van der Waals surface area contributed by atoms with Crippen LogP contribution in [0.25, 0.3) is 0 Å². The summed E-state index contributed by atoms with van der Waals surface area (Å²) in [4.78, 5) is 0.780. The fourth-order valence-electron chi connectivity index (χ4n) is 2.92. The average Bonchev–Trinajstić information content (AvgIpc) is 2.63. The summed E-state index contributed by atoms with van der Waals surface area (Å²) >= 11 is 6.14. The number of halogens is 2. The minimum Gasteiger partial charge on any atom is -0.249 e. The van der Waals surface area contributed by atoms with Crippen LogP contribution in [-0.4, -0.2) is 4.21 Å². The van der Waals surface area contributed by atoms with Gasteiger partial charge >= 0.3 is 0 Å². The first kappa shape index (κ1) is 18.8. The number of rotatable bonds is 5. The van der Waals surface area contributed by atoms with Gasteiger partial charge in [-0.25, -0.2) is 8.60 Å². The molecule has 3 aromatic rings. The van der Waals surface area contributed by atoms with Crippen LogP contribution < -0.4 is 0 Å². The van der Waals surface area contributed by atoms with E-state index >= 15 is 0 Å². The molecule has 0 spiro atoms. The Morgan fingerprint density at radius 3 is 2.35 bits per heavy atom. The summed E-state index contributed by atoms with van der Waals surface area (Å²) in [7, 11) is -1.63. The third kappa shape index (κ3) is 4.05. The van der Waals surface area contributed by atoms with Gasteiger partial charge in [-0.05, 0) is 60.2 Å². The van der Waals surface area contributed by atoms with Crippen LogP contribution in [0.3, 0.4) is 0 Å². The Balaban J connectivity index is 2.01. The van der Waals surface area contributed by atoms with Crippen LogP contribution in [0.1, 0.15) is 29.2 Å². The predicted octanol–water partition coefficient (Wildman–Crippen LogP) is 6.11. The Hall–Kier alpha value is -1.97.